The van der Waals surface area contributed by atoms with Crippen LogP contribution in [0.5, 0.6) is 5.75 Å². The Morgan fingerprint density at radius 3 is 2.38 bits per heavy atom. The maximum atomic E-state index is 13.2. The van der Waals surface area contributed by atoms with E-state index in [4.69, 9.17) is 14.9 Å². The first-order chi connectivity index (χ1) is 17.1. The number of carbonyl (C=O) groups excluding carboxylic acids is 1. The Balaban J connectivity index is 1.71. The van der Waals surface area contributed by atoms with E-state index in [1.807, 2.05) is 20.8 Å². The molecule has 1 aromatic heterocycles. The smallest absolute Gasteiger partial charge is 0.422 e. The second-order valence-corrected chi connectivity index (χ2v) is 11.7. The van der Waals surface area contributed by atoms with Crippen molar-refractivity contribution >= 4 is 21.4 Å². The van der Waals surface area contributed by atoms with Crippen LogP contribution in [-0.4, -0.2) is 49.1 Å². The number of carbonyl (C=O) groups is 1. The summed E-state index contributed by atoms with van der Waals surface area (Å²) in [5.74, 6) is -0.674. The number of fused-ring (bicyclic) bond motifs is 1. The third-order valence-corrected chi connectivity index (χ3v) is 7.36. The second-order valence-electron chi connectivity index (χ2n) is 9.70. The summed E-state index contributed by atoms with van der Waals surface area (Å²) in [5.41, 5.74) is 6.54. The van der Waals surface area contributed by atoms with Gasteiger partial charge in [0.2, 0.25) is 17.7 Å². The molecule has 2 aromatic carbocycles. The molecule has 2 N–H and O–H groups in total. The Hall–Kier alpha value is -3.45. The van der Waals surface area contributed by atoms with Gasteiger partial charge in [-0.3, -0.25) is 4.79 Å². The number of sulfone groups is 1. The molecule has 0 aliphatic carbocycles. The van der Waals surface area contributed by atoms with Crippen LogP contribution in [0.25, 0.3) is 11.5 Å². The lowest BCUT2D eigenvalue weighted by Gasteiger charge is -2.24. The van der Waals surface area contributed by atoms with Crippen molar-refractivity contribution in [2.24, 2.45) is 5.73 Å². The molecule has 0 spiro atoms. The number of benzene rings is 2. The van der Waals surface area contributed by atoms with Crippen molar-refractivity contribution in [1.29, 1.82) is 0 Å². The number of amides is 1. The lowest BCUT2D eigenvalue weighted by molar-refractivity contribution is -0.153. The number of alkyl halides is 3. The minimum absolute atomic E-state index is 0.00344. The molecule has 0 saturated carbocycles. The molecular weight excluding hydrogens is 513 g/mol. The van der Waals surface area contributed by atoms with Gasteiger partial charge >= 0.3 is 6.18 Å². The molecule has 2 heterocycles. The number of anilines is 1. The second kappa shape index (κ2) is 9.45. The summed E-state index contributed by atoms with van der Waals surface area (Å²) in [6.45, 7) is 4.17. The fourth-order valence-electron chi connectivity index (χ4n) is 3.69. The highest BCUT2D eigenvalue weighted by Crippen LogP contribution is 2.36. The van der Waals surface area contributed by atoms with Crippen molar-refractivity contribution < 1.29 is 35.5 Å². The van der Waals surface area contributed by atoms with Crippen LogP contribution in [0.2, 0.25) is 0 Å². The lowest BCUT2D eigenvalue weighted by Crippen LogP contribution is -2.45. The van der Waals surface area contributed by atoms with Crippen molar-refractivity contribution in [1.82, 2.24) is 10.2 Å². The van der Waals surface area contributed by atoms with E-state index in [9.17, 15) is 26.4 Å². The van der Waals surface area contributed by atoms with Crippen LogP contribution in [0.15, 0.2) is 51.8 Å². The summed E-state index contributed by atoms with van der Waals surface area (Å²) in [6, 6.07) is 8.70. The van der Waals surface area contributed by atoms with E-state index in [1.54, 1.807) is 0 Å². The number of hydrogen-bond donors (Lipinski definition) is 1. The van der Waals surface area contributed by atoms with Gasteiger partial charge < -0.3 is 19.8 Å². The van der Waals surface area contributed by atoms with E-state index in [1.165, 1.54) is 47.4 Å². The summed E-state index contributed by atoms with van der Waals surface area (Å²) in [5, 5.41) is 8.12. The van der Waals surface area contributed by atoms with Crippen molar-refractivity contribution in [3.63, 3.8) is 0 Å². The van der Waals surface area contributed by atoms with Crippen LogP contribution < -0.4 is 15.4 Å². The van der Waals surface area contributed by atoms with E-state index >= 15 is 0 Å². The summed E-state index contributed by atoms with van der Waals surface area (Å²) < 4.78 is 73.8. The highest BCUT2D eigenvalue weighted by atomic mass is 32.2. The maximum absolute atomic E-state index is 13.2. The Bertz CT molecular complexity index is 1410. The third-order valence-electron chi connectivity index (χ3n) is 5.55. The first-order valence-electron chi connectivity index (χ1n) is 11.2. The SMILES string of the molecule is CC(C)(C)c1nnc(-c2ccc3c(c2)N(Cc2ccc(OCC(F)(F)F)cc2)C(=O)[C@@H](N)CS3(=O)=O)o1. The van der Waals surface area contributed by atoms with Crippen LogP contribution in [0.3, 0.4) is 0 Å². The van der Waals surface area contributed by atoms with Crippen molar-refractivity contribution in [3.8, 4) is 17.2 Å². The lowest BCUT2D eigenvalue weighted by atomic mass is 9.97. The normalized spacial score (nSPS) is 17.9. The molecule has 37 heavy (non-hydrogen) atoms. The van der Waals surface area contributed by atoms with Crippen LogP contribution in [0.4, 0.5) is 18.9 Å². The largest absolute Gasteiger partial charge is 0.484 e. The zero-order chi connectivity index (χ0) is 27.2. The first kappa shape index (κ1) is 26.6. The summed E-state index contributed by atoms with van der Waals surface area (Å²) >= 11 is 0. The van der Waals surface area contributed by atoms with Gasteiger partial charge in [0.15, 0.2) is 16.4 Å². The molecule has 1 atom stereocenters. The summed E-state index contributed by atoms with van der Waals surface area (Å²) in [7, 11) is -3.91. The van der Waals surface area contributed by atoms with Gasteiger partial charge in [-0.15, -0.1) is 10.2 Å². The van der Waals surface area contributed by atoms with Gasteiger partial charge in [-0.05, 0) is 35.9 Å². The molecule has 1 amide bonds. The number of halogens is 3. The minimum atomic E-state index is -4.48. The van der Waals surface area contributed by atoms with E-state index < -0.39 is 45.7 Å². The fourth-order valence-corrected chi connectivity index (χ4v) is 5.24. The van der Waals surface area contributed by atoms with Crippen molar-refractivity contribution in [3.05, 3.63) is 53.9 Å². The number of nitrogens with zero attached hydrogens (tertiary/aromatic N) is 3. The van der Waals surface area contributed by atoms with Crippen LogP contribution in [0.1, 0.15) is 32.2 Å². The van der Waals surface area contributed by atoms with Gasteiger partial charge in [0.25, 0.3) is 0 Å². The van der Waals surface area contributed by atoms with Crippen molar-refractivity contribution in [2.75, 3.05) is 17.3 Å². The molecule has 1 aliphatic heterocycles. The molecule has 0 radical (unpaired) electrons. The van der Waals surface area contributed by atoms with Gasteiger partial charge in [0.1, 0.15) is 5.75 Å². The van der Waals surface area contributed by atoms with E-state index in [-0.39, 0.29) is 28.8 Å². The average Bonchev–Trinajstić information content (AvgIpc) is 3.29. The van der Waals surface area contributed by atoms with Gasteiger partial charge in [-0.25, -0.2) is 8.42 Å². The Morgan fingerprint density at radius 1 is 1.11 bits per heavy atom. The zero-order valence-electron chi connectivity index (χ0n) is 20.2. The number of nitrogens with two attached hydrogens (primary N) is 1. The van der Waals surface area contributed by atoms with E-state index in [0.29, 0.717) is 17.0 Å². The molecule has 9 nitrogen and oxygen atoms in total. The van der Waals surface area contributed by atoms with E-state index in [0.717, 1.165) is 0 Å². The molecule has 3 aromatic rings. The van der Waals surface area contributed by atoms with Crippen molar-refractivity contribution in [2.45, 2.75) is 49.8 Å². The third kappa shape index (κ3) is 5.93. The van der Waals surface area contributed by atoms with Gasteiger partial charge in [-0.1, -0.05) is 32.9 Å². The predicted molar refractivity (Wildman–Crippen MR) is 128 cm³/mol. The van der Waals surface area contributed by atoms with Gasteiger partial charge in [0.05, 0.1) is 28.9 Å². The molecule has 0 unspecified atom stereocenters. The van der Waals surface area contributed by atoms with E-state index in [2.05, 4.69) is 10.2 Å². The Morgan fingerprint density at radius 2 is 1.78 bits per heavy atom. The Labute approximate surface area is 211 Å². The number of rotatable bonds is 5. The molecule has 198 valence electrons. The van der Waals surface area contributed by atoms with Crippen LogP contribution in [-0.2, 0) is 26.6 Å². The fraction of sp³-hybridized carbons (Fsp3) is 0.375. The van der Waals surface area contributed by atoms with Gasteiger partial charge in [0, 0.05) is 11.0 Å². The first-order valence-corrected chi connectivity index (χ1v) is 12.9. The maximum Gasteiger partial charge on any atom is 0.422 e. The molecule has 0 saturated heterocycles. The molecule has 1 aliphatic rings. The predicted octanol–water partition coefficient (Wildman–Crippen LogP) is 3.62. The standard InChI is InChI=1S/C24H25F3N4O5S/c1-23(2,3)22-30-29-20(36-22)15-6-9-19-18(10-15)31(21(32)17(28)12-37(19,33)34)11-14-4-7-16(8-5-14)35-13-24(25,26)27/h4-10,17H,11-13,28H2,1-3H3/t17-/m0/s1. The molecule has 0 fully saturated rings. The quantitative estimate of drug-likeness (QED) is 0.522. The summed E-state index contributed by atoms with van der Waals surface area (Å²) in [4.78, 5) is 14.4. The number of hydrogen-bond acceptors (Lipinski definition) is 8. The monoisotopic (exact) mass is 538 g/mol. The molecule has 4 rings (SSSR count). The average molecular weight is 539 g/mol. The summed E-state index contributed by atoms with van der Waals surface area (Å²) in [6.07, 6.45) is -4.48. The number of aromatic nitrogens is 2. The zero-order valence-corrected chi connectivity index (χ0v) is 21.1. The minimum Gasteiger partial charge on any atom is -0.484 e. The molecule has 13 heteroatoms. The molecular formula is C24H25F3N4O5S. The van der Waals surface area contributed by atoms with Crippen LogP contribution >= 0.6 is 0 Å². The molecule has 0 bridgehead atoms. The Kier molecular flexibility index (Phi) is 6.80. The highest BCUT2D eigenvalue weighted by Gasteiger charge is 2.36. The topological polar surface area (TPSA) is 129 Å². The van der Waals surface area contributed by atoms with Gasteiger partial charge in [-0.2, -0.15) is 13.2 Å². The number of ether oxygens (including phenoxy) is 1. The van der Waals surface area contributed by atoms with Crippen LogP contribution in [0, 0.1) is 0 Å². The highest BCUT2D eigenvalue weighted by molar-refractivity contribution is 7.91.